The number of aromatic carboxylic acids is 1. The third kappa shape index (κ3) is 4.19. The minimum Gasteiger partial charge on any atom is -0.478 e. The summed E-state index contributed by atoms with van der Waals surface area (Å²) in [7, 11) is 0. The number of aryl methyl sites for hydroxylation is 1. The number of hydrogen-bond acceptors (Lipinski definition) is 4. The fourth-order valence-electron chi connectivity index (χ4n) is 8.81. The molecule has 2 heterocycles. The molecule has 3 aliphatic carbocycles. The number of anilines is 2. The van der Waals surface area contributed by atoms with Gasteiger partial charge in [-0.15, -0.1) is 11.3 Å². The van der Waals surface area contributed by atoms with Crippen molar-refractivity contribution in [2.24, 2.45) is 0 Å². The number of carboxylic acids is 1. The molecule has 5 aromatic rings. The van der Waals surface area contributed by atoms with Crippen molar-refractivity contribution in [2.75, 3.05) is 4.90 Å². The summed E-state index contributed by atoms with van der Waals surface area (Å²) >= 11 is 1.73. The van der Waals surface area contributed by atoms with Gasteiger partial charge in [0, 0.05) is 56.1 Å². The number of carbonyl (C=O) groups is 2. The minimum atomic E-state index is -0.972. The molecular formula is C42H35NO3S. The molecule has 232 valence electrons. The van der Waals surface area contributed by atoms with Crippen molar-refractivity contribution < 1.29 is 14.7 Å². The number of allylic oxidation sites excluding steroid dienone is 1. The van der Waals surface area contributed by atoms with Crippen molar-refractivity contribution in [1.29, 1.82) is 0 Å². The fourth-order valence-corrected chi connectivity index (χ4v) is 9.95. The average Bonchev–Trinajstić information content (AvgIpc) is 3.86. The second-order valence-electron chi connectivity index (χ2n) is 14.2. The van der Waals surface area contributed by atoms with Crippen LogP contribution in [-0.4, -0.2) is 22.9 Å². The highest BCUT2D eigenvalue weighted by Gasteiger charge is 2.43. The number of rotatable bonds is 4. The zero-order chi connectivity index (χ0) is 32.2. The fraction of sp³-hybridized carbons (Fsp3) is 0.238. The molecule has 4 nitrogen and oxygen atoms in total. The first kappa shape index (κ1) is 28.5. The van der Waals surface area contributed by atoms with Gasteiger partial charge < -0.3 is 10.0 Å². The molecule has 2 atom stereocenters. The molecule has 4 aromatic carbocycles. The summed E-state index contributed by atoms with van der Waals surface area (Å²) in [6.07, 6.45) is 6.14. The summed E-state index contributed by atoms with van der Waals surface area (Å²) < 4.78 is 0. The zero-order valence-electron chi connectivity index (χ0n) is 26.8. The van der Waals surface area contributed by atoms with Crippen LogP contribution in [-0.2, 0) is 11.8 Å². The molecule has 1 aliphatic heterocycles. The van der Waals surface area contributed by atoms with Crippen LogP contribution in [0.25, 0.3) is 27.6 Å². The predicted octanol–water partition coefficient (Wildman–Crippen LogP) is 10.3. The van der Waals surface area contributed by atoms with Crippen LogP contribution in [0.5, 0.6) is 0 Å². The van der Waals surface area contributed by atoms with Crippen molar-refractivity contribution >= 4 is 40.5 Å². The molecule has 1 fully saturated rings. The Bertz CT molecular complexity index is 2220. The zero-order valence-corrected chi connectivity index (χ0v) is 27.6. The van der Waals surface area contributed by atoms with E-state index >= 15 is 0 Å². The molecule has 1 N–H and O–H groups in total. The first-order valence-electron chi connectivity index (χ1n) is 16.6. The van der Waals surface area contributed by atoms with Gasteiger partial charge in [-0.05, 0) is 119 Å². The summed E-state index contributed by atoms with van der Waals surface area (Å²) in [5.74, 6) is -0.454. The van der Waals surface area contributed by atoms with Crippen LogP contribution in [0, 0.1) is 6.92 Å². The molecule has 0 radical (unpaired) electrons. The molecule has 4 aliphatic rings. The van der Waals surface area contributed by atoms with E-state index in [0.29, 0.717) is 23.9 Å². The van der Waals surface area contributed by atoms with Gasteiger partial charge in [0.15, 0.2) is 5.78 Å². The monoisotopic (exact) mass is 633 g/mol. The van der Waals surface area contributed by atoms with Gasteiger partial charge in [-0.2, -0.15) is 0 Å². The SMILES string of the molecule is Cc1cc(-c2ccc3c(c2)C2CCCC2N3c2ccc3c(c2)-c2ccccc2C3(C)C)sc1/C=C1/Cc2cc(C(=O)O)ccc2C1=O. The highest BCUT2D eigenvalue weighted by Crippen LogP contribution is 2.55. The minimum absolute atomic E-state index is 0.00467. The normalized spacial score (nSPS) is 20.7. The van der Waals surface area contributed by atoms with E-state index < -0.39 is 5.97 Å². The Morgan fingerprint density at radius 2 is 1.74 bits per heavy atom. The van der Waals surface area contributed by atoms with Crippen LogP contribution in [0.1, 0.15) is 92.4 Å². The lowest BCUT2D eigenvalue weighted by molar-refractivity contribution is 0.0696. The van der Waals surface area contributed by atoms with Crippen molar-refractivity contribution in [3.8, 4) is 21.6 Å². The Morgan fingerprint density at radius 1 is 0.915 bits per heavy atom. The van der Waals surface area contributed by atoms with Gasteiger partial charge in [0.1, 0.15) is 0 Å². The molecule has 0 bridgehead atoms. The third-order valence-electron chi connectivity index (χ3n) is 11.2. The molecule has 1 saturated carbocycles. The van der Waals surface area contributed by atoms with Crippen molar-refractivity contribution in [1.82, 2.24) is 0 Å². The van der Waals surface area contributed by atoms with Crippen molar-refractivity contribution in [2.45, 2.75) is 63.8 Å². The Labute approximate surface area is 279 Å². The van der Waals surface area contributed by atoms with Gasteiger partial charge in [0.2, 0.25) is 0 Å². The molecule has 2 unspecified atom stereocenters. The number of Topliss-reactive ketones (excluding diaryl/α,β-unsaturated/α-hetero) is 1. The maximum absolute atomic E-state index is 13.2. The predicted molar refractivity (Wildman–Crippen MR) is 190 cm³/mol. The van der Waals surface area contributed by atoms with Crippen LogP contribution >= 0.6 is 11.3 Å². The van der Waals surface area contributed by atoms with E-state index in [1.165, 1.54) is 75.0 Å². The Balaban J connectivity index is 1.05. The number of carbonyl (C=O) groups excluding carboxylic acids is 1. The number of benzene rings is 4. The van der Waals surface area contributed by atoms with E-state index in [1.54, 1.807) is 23.5 Å². The standard InChI is InChI=1S/C42H35NO3S/c1-23-17-39(47-38(23)21-27-19-26-18-25(41(45)46)11-14-29(26)40(27)44)24-12-16-37-33(20-24)31-8-6-10-36(31)43(37)28-13-15-35-32(22-28)30-7-4-5-9-34(30)42(35,2)3/h4-5,7,9,11-18,20-22,31,36H,6,8,10,19H2,1-3H3,(H,45,46)/b27-21-. The highest BCUT2D eigenvalue weighted by atomic mass is 32.1. The van der Waals surface area contributed by atoms with Crippen LogP contribution in [0.2, 0.25) is 0 Å². The first-order chi connectivity index (χ1) is 22.7. The van der Waals surface area contributed by atoms with E-state index in [4.69, 9.17) is 0 Å². The van der Waals surface area contributed by atoms with Gasteiger partial charge in [-0.25, -0.2) is 4.79 Å². The second kappa shape index (κ2) is 10.1. The van der Waals surface area contributed by atoms with Crippen LogP contribution < -0.4 is 4.90 Å². The number of fused-ring (bicyclic) bond motifs is 7. The molecule has 1 aromatic heterocycles. The summed E-state index contributed by atoms with van der Waals surface area (Å²) in [6.45, 7) is 6.79. The average molecular weight is 634 g/mol. The van der Waals surface area contributed by atoms with E-state index in [2.05, 4.69) is 92.4 Å². The lowest BCUT2D eigenvalue weighted by atomic mass is 9.82. The maximum Gasteiger partial charge on any atom is 0.335 e. The number of nitrogens with zero attached hydrogens (tertiary/aromatic N) is 1. The first-order valence-corrected chi connectivity index (χ1v) is 17.4. The quantitative estimate of drug-likeness (QED) is 0.200. The maximum atomic E-state index is 13.2. The second-order valence-corrected chi connectivity index (χ2v) is 15.2. The Kier molecular flexibility index (Phi) is 6.14. The molecule has 9 rings (SSSR count). The van der Waals surface area contributed by atoms with E-state index in [1.807, 2.05) is 6.08 Å². The lowest BCUT2D eigenvalue weighted by Crippen LogP contribution is -2.26. The molecule has 0 spiro atoms. The number of ketones is 1. The van der Waals surface area contributed by atoms with Gasteiger partial charge in [0.05, 0.1) is 5.56 Å². The Hall–Kier alpha value is -4.74. The summed E-state index contributed by atoms with van der Waals surface area (Å²) in [5.41, 5.74) is 14.3. The van der Waals surface area contributed by atoms with E-state index in [9.17, 15) is 14.7 Å². The van der Waals surface area contributed by atoms with Gasteiger partial charge in [-0.1, -0.05) is 56.7 Å². The number of carboxylic acid groups (broad SMARTS) is 1. The summed E-state index contributed by atoms with van der Waals surface area (Å²) in [6, 6.07) is 30.6. The third-order valence-corrected chi connectivity index (χ3v) is 12.4. The largest absolute Gasteiger partial charge is 0.478 e. The van der Waals surface area contributed by atoms with E-state index in [0.717, 1.165) is 21.6 Å². The molecule has 47 heavy (non-hydrogen) atoms. The van der Waals surface area contributed by atoms with Crippen molar-refractivity contribution in [3.63, 3.8) is 0 Å². The van der Waals surface area contributed by atoms with Crippen molar-refractivity contribution in [3.05, 3.63) is 134 Å². The van der Waals surface area contributed by atoms with Crippen LogP contribution in [0.15, 0.2) is 90.5 Å². The topological polar surface area (TPSA) is 57.6 Å². The van der Waals surface area contributed by atoms with Crippen LogP contribution in [0.4, 0.5) is 11.4 Å². The molecule has 0 amide bonds. The van der Waals surface area contributed by atoms with E-state index in [-0.39, 0.29) is 16.8 Å². The van der Waals surface area contributed by atoms with Crippen LogP contribution in [0.3, 0.4) is 0 Å². The Morgan fingerprint density at radius 3 is 2.60 bits per heavy atom. The summed E-state index contributed by atoms with van der Waals surface area (Å²) in [5, 5.41) is 9.39. The number of thiophene rings is 1. The highest BCUT2D eigenvalue weighted by molar-refractivity contribution is 7.16. The summed E-state index contributed by atoms with van der Waals surface area (Å²) in [4.78, 5) is 29.6. The molecule has 0 saturated heterocycles. The smallest absolute Gasteiger partial charge is 0.335 e. The lowest BCUT2D eigenvalue weighted by Gasteiger charge is -2.28. The number of hydrogen-bond donors (Lipinski definition) is 1. The van der Waals surface area contributed by atoms with Gasteiger partial charge in [-0.3, -0.25) is 4.79 Å². The molecule has 5 heteroatoms. The van der Waals surface area contributed by atoms with Gasteiger partial charge >= 0.3 is 5.97 Å². The van der Waals surface area contributed by atoms with Gasteiger partial charge in [0.25, 0.3) is 0 Å². The molecular weight excluding hydrogens is 599 g/mol.